The van der Waals surface area contributed by atoms with Gasteiger partial charge in [0.05, 0.1) is 24.8 Å². The first-order valence-corrected chi connectivity index (χ1v) is 11.2. The standard InChI is InChI=1S/C25H25N7O3/c1-30-13-4-14-31(15-21(30)33)20-11-10-19-24(29-20)32(17-8-6-16(7-9-17)25(34)35-2)23(28-19)18-5-3-12-27-22(18)26/h3,5-12H,4,13-15H2,1-2H3,(H2,26,27). The van der Waals surface area contributed by atoms with Gasteiger partial charge in [-0.1, -0.05) is 0 Å². The fourth-order valence-corrected chi connectivity index (χ4v) is 4.20. The van der Waals surface area contributed by atoms with Gasteiger partial charge in [-0.05, 0) is 55.0 Å². The van der Waals surface area contributed by atoms with Crippen LogP contribution in [0.15, 0.2) is 54.7 Å². The van der Waals surface area contributed by atoms with Crippen LogP contribution in [0.3, 0.4) is 0 Å². The fraction of sp³-hybridized carbons (Fsp3) is 0.240. The predicted molar refractivity (Wildman–Crippen MR) is 132 cm³/mol. The normalized spacial score (nSPS) is 14.3. The number of pyridine rings is 2. The highest BCUT2D eigenvalue weighted by atomic mass is 16.5. The molecule has 1 amide bonds. The van der Waals surface area contributed by atoms with Crippen LogP contribution in [0, 0.1) is 0 Å². The molecule has 5 rings (SSSR count). The van der Waals surface area contributed by atoms with E-state index in [9.17, 15) is 9.59 Å². The maximum atomic E-state index is 12.5. The Bertz CT molecular complexity index is 1410. The van der Waals surface area contributed by atoms with Crippen LogP contribution in [-0.2, 0) is 9.53 Å². The van der Waals surface area contributed by atoms with Crippen LogP contribution in [0.1, 0.15) is 16.8 Å². The zero-order valence-electron chi connectivity index (χ0n) is 19.5. The average Bonchev–Trinajstić information content (AvgIpc) is 3.17. The number of likely N-dealkylation sites (N-methyl/N-ethyl adjacent to an activating group) is 1. The summed E-state index contributed by atoms with van der Waals surface area (Å²) in [7, 11) is 3.17. The Kier molecular flexibility index (Phi) is 5.77. The monoisotopic (exact) mass is 471 g/mol. The van der Waals surface area contributed by atoms with Crippen molar-refractivity contribution in [1.29, 1.82) is 0 Å². The third-order valence-electron chi connectivity index (χ3n) is 6.11. The van der Waals surface area contributed by atoms with E-state index in [-0.39, 0.29) is 12.5 Å². The molecule has 35 heavy (non-hydrogen) atoms. The van der Waals surface area contributed by atoms with Crippen molar-refractivity contribution in [3.8, 4) is 17.1 Å². The minimum absolute atomic E-state index is 0.0557. The number of methoxy groups -OCH3 is 1. The van der Waals surface area contributed by atoms with Crippen molar-refractivity contribution in [2.45, 2.75) is 6.42 Å². The number of imidazole rings is 1. The van der Waals surface area contributed by atoms with Gasteiger partial charge >= 0.3 is 5.97 Å². The highest BCUT2D eigenvalue weighted by molar-refractivity contribution is 5.90. The van der Waals surface area contributed by atoms with Gasteiger partial charge in [-0.25, -0.2) is 19.7 Å². The molecule has 4 aromatic rings. The molecule has 1 aromatic carbocycles. The lowest BCUT2D eigenvalue weighted by atomic mass is 10.2. The van der Waals surface area contributed by atoms with Gasteiger partial charge in [0.2, 0.25) is 5.91 Å². The second kappa shape index (κ2) is 9.05. The van der Waals surface area contributed by atoms with E-state index in [1.165, 1.54) is 7.11 Å². The number of anilines is 2. The van der Waals surface area contributed by atoms with E-state index < -0.39 is 5.97 Å². The molecule has 10 nitrogen and oxygen atoms in total. The lowest BCUT2D eigenvalue weighted by molar-refractivity contribution is -0.127. The van der Waals surface area contributed by atoms with Crippen LogP contribution in [0.4, 0.5) is 11.6 Å². The molecule has 0 saturated carbocycles. The summed E-state index contributed by atoms with van der Waals surface area (Å²) in [5, 5.41) is 0. The number of carbonyl (C=O) groups excluding carboxylic acids is 2. The van der Waals surface area contributed by atoms with Crippen molar-refractivity contribution >= 4 is 34.7 Å². The molecule has 10 heteroatoms. The number of amides is 1. The number of fused-ring (bicyclic) bond motifs is 1. The van der Waals surface area contributed by atoms with E-state index in [4.69, 9.17) is 20.4 Å². The average molecular weight is 472 g/mol. The quantitative estimate of drug-likeness (QED) is 0.451. The summed E-state index contributed by atoms with van der Waals surface area (Å²) in [6.45, 7) is 1.70. The predicted octanol–water partition coefficient (Wildman–Crippen LogP) is 2.52. The topological polar surface area (TPSA) is 119 Å². The molecule has 1 aliphatic heterocycles. The molecule has 1 fully saturated rings. The van der Waals surface area contributed by atoms with Crippen molar-refractivity contribution in [3.05, 3.63) is 60.3 Å². The van der Waals surface area contributed by atoms with Crippen molar-refractivity contribution in [2.75, 3.05) is 44.4 Å². The largest absolute Gasteiger partial charge is 0.465 e. The number of esters is 1. The first kappa shape index (κ1) is 22.3. The molecule has 0 atom stereocenters. The minimum Gasteiger partial charge on any atom is -0.465 e. The van der Waals surface area contributed by atoms with Crippen molar-refractivity contribution in [1.82, 2.24) is 24.4 Å². The number of hydrogen-bond donors (Lipinski definition) is 1. The summed E-state index contributed by atoms with van der Waals surface area (Å²) in [5.74, 6) is 1.25. The van der Waals surface area contributed by atoms with Gasteiger partial charge < -0.3 is 20.3 Å². The molecule has 0 unspecified atom stereocenters. The number of nitrogen functional groups attached to an aromatic ring is 1. The Balaban J connectivity index is 1.67. The molecular formula is C25H25N7O3. The molecule has 0 radical (unpaired) electrons. The minimum atomic E-state index is -0.417. The Morgan fingerprint density at radius 2 is 1.86 bits per heavy atom. The number of nitrogens with two attached hydrogens (primary N) is 1. The van der Waals surface area contributed by atoms with Crippen LogP contribution in [0.25, 0.3) is 28.2 Å². The Hall–Kier alpha value is -4.47. The molecule has 3 aromatic heterocycles. The van der Waals surface area contributed by atoms with Crippen LogP contribution < -0.4 is 10.6 Å². The number of aromatic nitrogens is 4. The summed E-state index contributed by atoms with van der Waals surface area (Å²) in [6, 6.07) is 14.4. The first-order valence-electron chi connectivity index (χ1n) is 11.2. The zero-order chi connectivity index (χ0) is 24.5. The number of hydrogen-bond acceptors (Lipinski definition) is 8. The van der Waals surface area contributed by atoms with Gasteiger partial charge in [-0.2, -0.15) is 0 Å². The van der Waals surface area contributed by atoms with E-state index in [0.717, 1.165) is 18.7 Å². The second-order valence-corrected chi connectivity index (χ2v) is 8.35. The Labute approximate surface area is 202 Å². The first-order chi connectivity index (χ1) is 17.0. The van der Waals surface area contributed by atoms with Gasteiger partial charge in [0.15, 0.2) is 11.5 Å². The van der Waals surface area contributed by atoms with Crippen LogP contribution in [-0.4, -0.2) is 70.1 Å². The number of benzene rings is 1. The zero-order valence-corrected chi connectivity index (χ0v) is 19.5. The van der Waals surface area contributed by atoms with E-state index in [1.807, 2.05) is 46.8 Å². The molecule has 1 saturated heterocycles. The summed E-state index contributed by atoms with van der Waals surface area (Å²) in [4.78, 5) is 42.1. The molecule has 178 valence electrons. The molecule has 2 N–H and O–H groups in total. The van der Waals surface area contributed by atoms with Gasteiger partial charge in [0, 0.05) is 32.0 Å². The lowest BCUT2D eigenvalue weighted by Crippen LogP contribution is -2.34. The van der Waals surface area contributed by atoms with E-state index in [0.29, 0.717) is 46.3 Å². The van der Waals surface area contributed by atoms with E-state index in [1.54, 1.807) is 29.3 Å². The SMILES string of the molecule is COC(=O)c1ccc(-n2c(-c3cccnc3N)nc3ccc(N4CCCN(C)C(=O)C4)nc32)cc1. The lowest BCUT2D eigenvalue weighted by Gasteiger charge is -2.21. The van der Waals surface area contributed by atoms with Crippen LogP contribution in [0.2, 0.25) is 0 Å². The maximum absolute atomic E-state index is 12.5. The smallest absolute Gasteiger partial charge is 0.337 e. The molecule has 0 spiro atoms. The number of rotatable bonds is 4. The molecule has 1 aliphatic rings. The van der Waals surface area contributed by atoms with Crippen molar-refractivity contribution in [2.24, 2.45) is 0 Å². The highest BCUT2D eigenvalue weighted by Gasteiger charge is 2.23. The third-order valence-corrected chi connectivity index (χ3v) is 6.11. The summed E-state index contributed by atoms with van der Waals surface area (Å²) in [6.07, 6.45) is 2.48. The van der Waals surface area contributed by atoms with Gasteiger partial charge in [0.1, 0.15) is 17.2 Å². The van der Waals surface area contributed by atoms with Crippen molar-refractivity contribution in [3.63, 3.8) is 0 Å². The van der Waals surface area contributed by atoms with Crippen molar-refractivity contribution < 1.29 is 14.3 Å². The number of carbonyl (C=O) groups is 2. The number of nitrogens with zero attached hydrogens (tertiary/aromatic N) is 6. The van der Waals surface area contributed by atoms with Gasteiger partial charge in [0.25, 0.3) is 0 Å². The van der Waals surface area contributed by atoms with Crippen LogP contribution in [0.5, 0.6) is 0 Å². The molecule has 0 bridgehead atoms. The molecule has 4 heterocycles. The summed E-state index contributed by atoms with van der Waals surface area (Å²) >= 11 is 0. The Morgan fingerprint density at radius 3 is 2.60 bits per heavy atom. The maximum Gasteiger partial charge on any atom is 0.337 e. The highest BCUT2D eigenvalue weighted by Crippen LogP contribution is 2.31. The van der Waals surface area contributed by atoms with Gasteiger partial charge in [-0.15, -0.1) is 0 Å². The van der Waals surface area contributed by atoms with Crippen LogP contribution >= 0.6 is 0 Å². The third kappa shape index (κ3) is 4.14. The molecular weight excluding hydrogens is 446 g/mol. The molecule has 0 aliphatic carbocycles. The second-order valence-electron chi connectivity index (χ2n) is 8.35. The van der Waals surface area contributed by atoms with E-state index >= 15 is 0 Å². The van der Waals surface area contributed by atoms with Gasteiger partial charge in [-0.3, -0.25) is 9.36 Å². The summed E-state index contributed by atoms with van der Waals surface area (Å²) in [5.41, 5.74) is 9.32. The summed E-state index contributed by atoms with van der Waals surface area (Å²) < 4.78 is 6.71. The number of ether oxygens (including phenoxy) is 1. The van der Waals surface area contributed by atoms with E-state index in [2.05, 4.69) is 4.98 Å². The fourth-order valence-electron chi connectivity index (χ4n) is 4.20. The Morgan fingerprint density at radius 1 is 1.06 bits per heavy atom.